The van der Waals surface area contributed by atoms with Gasteiger partial charge in [-0.2, -0.15) is 5.10 Å². The van der Waals surface area contributed by atoms with Crippen molar-refractivity contribution < 1.29 is 4.79 Å². The maximum Gasteiger partial charge on any atom is 0.166 e. The van der Waals surface area contributed by atoms with Gasteiger partial charge < -0.3 is 0 Å². The highest BCUT2D eigenvalue weighted by molar-refractivity contribution is 5.97. The molecule has 1 heterocycles. The zero-order chi connectivity index (χ0) is 14.4. The molecule has 3 nitrogen and oxygen atoms in total. The van der Waals surface area contributed by atoms with Gasteiger partial charge in [0.15, 0.2) is 5.78 Å². The van der Waals surface area contributed by atoms with E-state index in [9.17, 15) is 4.79 Å². The average molecular weight is 264 g/mol. The van der Waals surface area contributed by atoms with Crippen LogP contribution in [-0.2, 0) is 6.54 Å². The Morgan fingerprint density at radius 1 is 1.26 bits per heavy atom. The van der Waals surface area contributed by atoms with Crippen molar-refractivity contribution in [2.24, 2.45) is 5.92 Å². The number of unbranched alkanes of at least 4 members (excludes halogenated alkanes) is 1. The van der Waals surface area contributed by atoms with E-state index in [1.807, 2.05) is 25.5 Å². The Morgan fingerprint density at radius 3 is 2.47 bits per heavy atom. The van der Waals surface area contributed by atoms with Gasteiger partial charge in [0.2, 0.25) is 0 Å². The van der Waals surface area contributed by atoms with Crippen molar-refractivity contribution in [2.75, 3.05) is 0 Å². The van der Waals surface area contributed by atoms with Crippen molar-refractivity contribution in [1.29, 1.82) is 0 Å². The van der Waals surface area contributed by atoms with Gasteiger partial charge in [0, 0.05) is 18.7 Å². The molecule has 19 heavy (non-hydrogen) atoms. The van der Waals surface area contributed by atoms with Crippen molar-refractivity contribution in [3.63, 3.8) is 0 Å². The summed E-state index contributed by atoms with van der Waals surface area (Å²) in [4.78, 5) is 11.9. The first-order valence-corrected chi connectivity index (χ1v) is 7.62. The van der Waals surface area contributed by atoms with E-state index in [2.05, 4.69) is 18.9 Å². The number of carbonyl (C=O) groups excluding carboxylic acids is 1. The minimum Gasteiger partial charge on any atom is -0.294 e. The van der Waals surface area contributed by atoms with E-state index in [1.54, 1.807) is 0 Å². The SMILES string of the molecule is CCCCC(CC)Cn1nc(C)c(C(=O)CC)c1C. The zero-order valence-electron chi connectivity index (χ0n) is 13.1. The highest BCUT2D eigenvalue weighted by Gasteiger charge is 2.18. The van der Waals surface area contributed by atoms with Gasteiger partial charge in [0.05, 0.1) is 11.3 Å². The molecule has 3 heteroatoms. The van der Waals surface area contributed by atoms with Crippen LogP contribution in [0.1, 0.15) is 74.6 Å². The van der Waals surface area contributed by atoms with Crippen LogP contribution in [0.15, 0.2) is 0 Å². The van der Waals surface area contributed by atoms with Crippen molar-refractivity contribution in [3.8, 4) is 0 Å². The van der Waals surface area contributed by atoms with Crippen LogP contribution in [-0.4, -0.2) is 15.6 Å². The number of aryl methyl sites for hydroxylation is 1. The second kappa shape index (κ2) is 7.46. The molecule has 0 saturated carbocycles. The molecule has 1 unspecified atom stereocenters. The molecular formula is C16H28N2O. The topological polar surface area (TPSA) is 34.9 Å². The van der Waals surface area contributed by atoms with E-state index in [0.717, 1.165) is 23.5 Å². The summed E-state index contributed by atoms with van der Waals surface area (Å²) in [5.74, 6) is 0.880. The molecule has 0 aliphatic carbocycles. The Hall–Kier alpha value is -1.12. The van der Waals surface area contributed by atoms with E-state index in [4.69, 9.17) is 0 Å². The third kappa shape index (κ3) is 3.92. The second-order valence-corrected chi connectivity index (χ2v) is 5.42. The third-order valence-corrected chi connectivity index (χ3v) is 3.96. The molecule has 0 N–H and O–H groups in total. The quantitative estimate of drug-likeness (QED) is 0.656. The van der Waals surface area contributed by atoms with Gasteiger partial charge in [0.1, 0.15) is 0 Å². The van der Waals surface area contributed by atoms with Gasteiger partial charge in [0.25, 0.3) is 0 Å². The predicted molar refractivity (Wildman–Crippen MR) is 79.6 cm³/mol. The molecule has 0 radical (unpaired) electrons. The molecule has 1 aromatic heterocycles. The summed E-state index contributed by atoms with van der Waals surface area (Å²) in [6.45, 7) is 11.3. The summed E-state index contributed by atoms with van der Waals surface area (Å²) in [6, 6.07) is 0. The largest absolute Gasteiger partial charge is 0.294 e. The number of nitrogens with zero attached hydrogens (tertiary/aromatic N) is 2. The Bertz CT molecular complexity index is 421. The van der Waals surface area contributed by atoms with Crippen molar-refractivity contribution in [3.05, 3.63) is 17.0 Å². The summed E-state index contributed by atoms with van der Waals surface area (Å²) in [6.07, 6.45) is 5.50. The number of hydrogen-bond acceptors (Lipinski definition) is 2. The first-order chi connectivity index (χ1) is 9.04. The number of carbonyl (C=O) groups is 1. The van der Waals surface area contributed by atoms with Crippen LogP contribution in [0.25, 0.3) is 0 Å². The van der Waals surface area contributed by atoms with Crippen LogP contribution < -0.4 is 0 Å². The first-order valence-electron chi connectivity index (χ1n) is 7.62. The third-order valence-electron chi connectivity index (χ3n) is 3.96. The first kappa shape index (κ1) is 15.9. The number of rotatable bonds is 8. The Morgan fingerprint density at radius 2 is 1.95 bits per heavy atom. The fraction of sp³-hybridized carbons (Fsp3) is 0.750. The van der Waals surface area contributed by atoms with Crippen LogP contribution in [0.4, 0.5) is 0 Å². The van der Waals surface area contributed by atoms with E-state index >= 15 is 0 Å². The Labute approximate surface area is 117 Å². The molecular weight excluding hydrogens is 236 g/mol. The van der Waals surface area contributed by atoms with Crippen LogP contribution in [0.3, 0.4) is 0 Å². The summed E-state index contributed by atoms with van der Waals surface area (Å²) >= 11 is 0. The minimum absolute atomic E-state index is 0.211. The zero-order valence-corrected chi connectivity index (χ0v) is 13.1. The van der Waals surface area contributed by atoms with Gasteiger partial charge in [-0.3, -0.25) is 9.48 Å². The van der Waals surface area contributed by atoms with Crippen LogP contribution in [0, 0.1) is 19.8 Å². The number of aromatic nitrogens is 2. The fourth-order valence-corrected chi connectivity index (χ4v) is 2.62. The van der Waals surface area contributed by atoms with Crippen LogP contribution in [0.5, 0.6) is 0 Å². The summed E-state index contributed by atoms with van der Waals surface area (Å²) in [5.41, 5.74) is 2.77. The molecule has 0 bridgehead atoms. The van der Waals surface area contributed by atoms with Gasteiger partial charge in [-0.05, 0) is 26.2 Å². The Kier molecular flexibility index (Phi) is 6.26. The predicted octanol–water partition coefficient (Wildman–Crippen LogP) is 4.31. The highest BCUT2D eigenvalue weighted by atomic mass is 16.1. The molecule has 0 fully saturated rings. The van der Waals surface area contributed by atoms with E-state index in [-0.39, 0.29) is 5.78 Å². The lowest BCUT2D eigenvalue weighted by molar-refractivity contribution is 0.0987. The van der Waals surface area contributed by atoms with E-state index in [1.165, 1.54) is 25.7 Å². The molecule has 0 aliphatic heterocycles. The van der Waals surface area contributed by atoms with Crippen molar-refractivity contribution >= 4 is 5.78 Å². The number of Topliss-reactive ketones (excluding diaryl/α,β-unsaturated/α-hetero) is 1. The maximum atomic E-state index is 11.9. The molecule has 1 aromatic rings. The van der Waals surface area contributed by atoms with E-state index in [0.29, 0.717) is 12.3 Å². The molecule has 108 valence electrons. The van der Waals surface area contributed by atoms with Crippen molar-refractivity contribution in [1.82, 2.24) is 9.78 Å². The molecule has 1 rings (SSSR count). The summed E-state index contributed by atoms with van der Waals surface area (Å²) < 4.78 is 2.04. The molecule has 0 amide bonds. The molecule has 0 spiro atoms. The lowest BCUT2D eigenvalue weighted by atomic mass is 9.99. The standard InChI is InChI=1S/C16H28N2O/c1-6-9-10-14(7-2)11-18-13(5)16(12(4)17-18)15(19)8-3/h14H,6-11H2,1-5H3. The lowest BCUT2D eigenvalue weighted by Gasteiger charge is -2.15. The monoisotopic (exact) mass is 264 g/mol. The van der Waals surface area contributed by atoms with Gasteiger partial charge in [-0.25, -0.2) is 0 Å². The average Bonchev–Trinajstić information content (AvgIpc) is 2.68. The summed E-state index contributed by atoms with van der Waals surface area (Å²) in [7, 11) is 0. The summed E-state index contributed by atoms with van der Waals surface area (Å²) in [5, 5.41) is 4.57. The van der Waals surface area contributed by atoms with Gasteiger partial charge in [-0.15, -0.1) is 0 Å². The van der Waals surface area contributed by atoms with Crippen molar-refractivity contribution in [2.45, 2.75) is 73.3 Å². The fourth-order valence-electron chi connectivity index (χ4n) is 2.62. The maximum absolute atomic E-state index is 11.9. The number of ketones is 1. The normalized spacial score (nSPS) is 12.7. The second-order valence-electron chi connectivity index (χ2n) is 5.42. The lowest BCUT2D eigenvalue weighted by Crippen LogP contribution is -2.13. The molecule has 0 aromatic carbocycles. The van der Waals surface area contributed by atoms with Gasteiger partial charge in [-0.1, -0.05) is 40.0 Å². The van der Waals surface area contributed by atoms with E-state index < -0.39 is 0 Å². The van der Waals surface area contributed by atoms with Gasteiger partial charge >= 0.3 is 0 Å². The smallest absolute Gasteiger partial charge is 0.166 e. The van der Waals surface area contributed by atoms with Crippen LogP contribution in [0.2, 0.25) is 0 Å². The molecule has 0 saturated heterocycles. The highest BCUT2D eigenvalue weighted by Crippen LogP contribution is 2.20. The molecule has 0 aliphatic rings. The minimum atomic E-state index is 0.211. The Balaban J connectivity index is 2.87. The van der Waals surface area contributed by atoms with Crippen LogP contribution >= 0.6 is 0 Å². The number of hydrogen-bond donors (Lipinski definition) is 0. The molecule has 1 atom stereocenters.